The average molecular weight is 289 g/mol. The van der Waals surface area contributed by atoms with Crippen molar-refractivity contribution in [2.75, 3.05) is 6.61 Å². The first kappa shape index (κ1) is 15.3. The normalized spacial score (nSPS) is 25.1. The Morgan fingerprint density at radius 1 is 1.48 bits per heavy atom. The summed E-state index contributed by atoms with van der Waals surface area (Å²) in [5.41, 5.74) is 0.804. The fourth-order valence-corrected chi connectivity index (χ4v) is 2.28. The zero-order chi connectivity index (χ0) is 15.5. The molecule has 0 spiro atoms. The van der Waals surface area contributed by atoms with Gasteiger partial charge in [-0.15, -0.1) is 0 Å². The summed E-state index contributed by atoms with van der Waals surface area (Å²) in [6, 6.07) is 6.85. The summed E-state index contributed by atoms with van der Waals surface area (Å²) < 4.78 is 5.50. The van der Waals surface area contributed by atoms with Crippen LogP contribution in [0.15, 0.2) is 30.3 Å². The molecule has 21 heavy (non-hydrogen) atoms. The summed E-state index contributed by atoms with van der Waals surface area (Å²) in [5, 5.41) is 11.6. The van der Waals surface area contributed by atoms with E-state index in [4.69, 9.17) is 9.84 Å². The number of nitrogens with one attached hydrogen (secondary N) is 1. The van der Waals surface area contributed by atoms with Crippen molar-refractivity contribution in [3.8, 4) is 0 Å². The number of rotatable bonds is 4. The van der Waals surface area contributed by atoms with Crippen molar-refractivity contribution in [3.63, 3.8) is 0 Å². The Balaban J connectivity index is 2.12. The SMILES string of the molecule is CC1OCCC1(C)NC(=O)c1cccc(/C=C/C(=O)O)c1. The Morgan fingerprint density at radius 3 is 2.86 bits per heavy atom. The fraction of sp³-hybridized carbons (Fsp3) is 0.375. The van der Waals surface area contributed by atoms with E-state index in [1.54, 1.807) is 24.3 Å². The average Bonchev–Trinajstić information content (AvgIpc) is 2.76. The van der Waals surface area contributed by atoms with Gasteiger partial charge < -0.3 is 15.2 Å². The molecule has 5 nitrogen and oxygen atoms in total. The van der Waals surface area contributed by atoms with Crippen molar-refractivity contribution >= 4 is 18.0 Å². The molecular weight excluding hydrogens is 270 g/mol. The van der Waals surface area contributed by atoms with Crippen LogP contribution in [-0.2, 0) is 9.53 Å². The molecule has 2 unspecified atom stereocenters. The van der Waals surface area contributed by atoms with Crippen molar-refractivity contribution in [2.24, 2.45) is 0 Å². The maximum absolute atomic E-state index is 12.3. The zero-order valence-electron chi connectivity index (χ0n) is 12.1. The molecule has 1 aromatic rings. The molecule has 0 aliphatic carbocycles. The van der Waals surface area contributed by atoms with Crippen LogP contribution in [0.5, 0.6) is 0 Å². The highest BCUT2D eigenvalue weighted by Crippen LogP contribution is 2.25. The summed E-state index contributed by atoms with van der Waals surface area (Å²) in [6.07, 6.45) is 3.25. The number of carboxylic acid groups (broad SMARTS) is 1. The molecule has 1 aliphatic heterocycles. The molecule has 2 atom stereocenters. The third-order valence-electron chi connectivity index (χ3n) is 3.85. The summed E-state index contributed by atoms with van der Waals surface area (Å²) in [5.74, 6) is -1.20. The highest BCUT2D eigenvalue weighted by atomic mass is 16.5. The van der Waals surface area contributed by atoms with E-state index in [1.165, 1.54) is 6.08 Å². The second kappa shape index (κ2) is 6.10. The number of hydrogen-bond donors (Lipinski definition) is 2. The third-order valence-corrected chi connectivity index (χ3v) is 3.85. The zero-order valence-corrected chi connectivity index (χ0v) is 12.1. The van der Waals surface area contributed by atoms with Crippen LogP contribution < -0.4 is 5.32 Å². The van der Waals surface area contributed by atoms with E-state index in [9.17, 15) is 9.59 Å². The van der Waals surface area contributed by atoms with E-state index in [0.29, 0.717) is 17.7 Å². The van der Waals surface area contributed by atoms with Gasteiger partial charge >= 0.3 is 5.97 Å². The second-order valence-corrected chi connectivity index (χ2v) is 5.43. The largest absolute Gasteiger partial charge is 0.478 e. The molecule has 1 amide bonds. The van der Waals surface area contributed by atoms with Crippen molar-refractivity contribution in [2.45, 2.75) is 31.9 Å². The lowest BCUT2D eigenvalue weighted by atomic mass is 9.94. The Morgan fingerprint density at radius 2 is 2.24 bits per heavy atom. The first-order chi connectivity index (χ1) is 9.90. The second-order valence-electron chi connectivity index (χ2n) is 5.43. The Labute approximate surface area is 123 Å². The highest BCUT2D eigenvalue weighted by Gasteiger charge is 2.38. The minimum Gasteiger partial charge on any atom is -0.478 e. The Kier molecular flexibility index (Phi) is 4.43. The molecule has 0 bridgehead atoms. The van der Waals surface area contributed by atoms with E-state index in [1.807, 2.05) is 13.8 Å². The van der Waals surface area contributed by atoms with Gasteiger partial charge in [0.1, 0.15) is 0 Å². The molecule has 1 aromatic carbocycles. The van der Waals surface area contributed by atoms with E-state index in [-0.39, 0.29) is 17.6 Å². The molecule has 0 saturated carbocycles. The number of aliphatic carboxylic acids is 1. The van der Waals surface area contributed by atoms with Gasteiger partial charge in [0.25, 0.3) is 5.91 Å². The van der Waals surface area contributed by atoms with Gasteiger partial charge in [-0.2, -0.15) is 0 Å². The third kappa shape index (κ3) is 3.70. The number of carboxylic acids is 1. The van der Waals surface area contributed by atoms with Gasteiger partial charge in [-0.25, -0.2) is 4.79 Å². The van der Waals surface area contributed by atoms with Crippen molar-refractivity contribution in [1.29, 1.82) is 0 Å². The summed E-state index contributed by atoms with van der Waals surface area (Å²) in [4.78, 5) is 22.9. The van der Waals surface area contributed by atoms with Crippen LogP contribution in [0.1, 0.15) is 36.2 Å². The van der Waals surface area contributed by atoms with E-state index >= 15 is 0 Å². The first-order valence-electron chi connectivity index (χ1n) is 6.86. The van der Waals surface area contributed by atoms with Gasteiger partial charge in [0.2, 0.25) is 0 Å². The van der Waals surface area contributed by atoms with Gasteiger partial charge in [0.05, 0.1) is 11.6 Å². The van der Waals surface area contributed by atoms with Crippen molar-refractivity contribution in [3.05, 3.63) is 41.5 Å². The molecule has 0 radical (unpaired) electrons. The van der Waals surface area contributed by atoms with Gasteiger partial charge in [-0.1, -0.05) is 12.1 Å². The standard InChI is InChI=1S/C16H19NO4/c1-11-16(2,8-9-21-11)17-15(20)13-5-3-4-12(10-13)6-7-14(18)19/h3-7,10-11H,8-9H2,1-2H3,(H,17,20)(H,18,19)/b7-6+. The van der Waals surface area contributed by atoms with Gasteiger partial charge in [0.15, 0.2) is 0 Å². The van der Waals surface area contributed by atoms with Crippen LogP contribution in [0.4, 0.5) is 0 Å². The van der Waals surface area contributed by atoms with Gasteiger partial charge in [0, 0.05) is 18.2 Å². The predicted octanol–water partition coefficient (Wildman–Crippen LogP) is 2.08. The fourth-order valence-electron chi connectivity index (χ4n) is 2.28. The summed E-state index contributed by atoms with van der Waals surface area (Å²) >= 11 is 0. The minimum absolute atomic E-state index is 0.0310. The number of ether oxygens (including phenoxy) is 1. The molecule has 112 valence electrons. The van der Waals surface area contributed by atoms with Gasteiger partial charge in [-0.3, -0.25) is 4.79 Å². The minimum atomic E-state index is -1.02. The molecule has 2 rings (SSSR count). The summed E-state index contributed by atoms with van der Waals surface area (Å²) in [6.45, 7) is 4.55. The number of carbonyl (C=O) groups excluding carboxylic acids is 1. The molecule has 1 saturated heterocycles. The van der Waals surface area contributed by atoms with E-state index < -0.39 is 5.97 Å². The van der Waals surface area contributed by atoms with Crippen molar-refractivity contribution in [1.82, 2.24) is 5.32 Å². The van der Waals surface area contributed by atoms with Crippen LogP contribution >= 0.6 is 0 Å². The van der Waals surface area contributed by atoms with Gasteiger partial charge in [-0.05, 0) is 44.0 Å². The molecule has 1 aliphatic rings. The molecule has 5 heteroatoms. The smallest absolute Gasteiger partial charge is 0.328 e. The van der Waals surface area contributed by atoms with E-state index in [2.05, 4.69) is 5.32 Å². The lowest BCUT2D eigenvalue weighted by Gasteiger charge is -2.28. The number of hydrogen-bond acceptors (Lipinski definition) is 3. The number of benzene rings is 1. The summed E-state index contributed by atoms with van der Waals surface area (Å²) in [7, 11) is 0. The Hall–Kier alpha value is -2.14. The predicted molar refractivity (Wildman–Crippen MR) is 79.0 cm³/mol. The molecule has 0 aromatic heterocycles. The molecule has 1 fully saturated rings. The quantitative estimate of drug-likeness (QED) is 0.832. The molecular formula is C16H19NO4. The van der Waals surface area contributed by atoms with Crippen LogP contribution in [0.3, 0.4) is 0 Å². The van der Waals surface area contributed by atoms with Crippen LogP contribution in [-0.4, -0.2) is 35.2 Å². The maximum atomic E-state index is 12.3. The monoisotopic (exact) mass is 289 g/mol. The maximum Gasteiger partial charge on any atom is 0.328 e. The number of carbonyl (C=O) groups is 2. The van der Waals surface area contributed by atoms with Crippen LogP contribution in [0.25, 0.3) is 6.08 Å². The topological polar surface area (TPSA) is 75.6 Å². The molecule has 2 N–H and O–H groups in total. The lowest BCUT2D eigenvalue weighted by Crippen LogP contribution is -2.50. The van der Waals surface area contributed by atoms with Crippen molar-refractivity contribution < 1.29 is 19.4 Å². The lowest BCUT2D eigenvalue weighted by molar-refractivity contribution is -0.131. The van der Waals surface area contributed by atoms with E-state index in [0.717, 1.165) is 12.5 Å². The first-order valence-corrected chi connectivity index (χ1v) is 6.86. The number of amides is 1. The highest BCUT2D eigenvalue weighted by molar-refractivity contribution is 5.95. The van der Waals surface area contributed by atoms with Crippen LogP contribution in [0.2, 0.25) is 0 Å². The molecule has 1 heterocycles. The van der Waals surface area contributed by atoms with Crippen LogP contribution in [0, 0.1) is 0 Å². The Bertz CT molecular complexity index is 581.